The van der Waals surface area contributed by atoms with Gasteiger partial charge in [-0.05, 0) is 37.1 Å². The van der Waals surface area contributed by atoms with Crippen LogP contribution in [0.1, 0.15) is 28.6 Å². The first kappa shape index (κ1) is 13.3. The first-order valence-electron chi connectivity index (χ1n) is 5.91. The number of halogens is 1. The minimum absolute atomic E-state index is 0.503. The summed E-state index contributed by atoms with van der Waals surface area (Å²) in [4.78, 5) is 0. The third-order valence-corrected chi connectivity index (χ3v) is 4.03. The van der Waals surface area contributed by atoms with Crippen molar-refractivity contribution in [2.24, 2.45) is 7.05 Å². The molecule has 1 aromatic heterocycles. The van der Waals surface area contributed by atoms with Crippen molar-refractivity contribution in [1.82, 2.24) is 9.78 Å². The summed E-state index contributed by atoms with van der Waals surface area (Å²) >= 11 is 3.49. The van der Waals surface area contributed by atoms with Gasteiger partial charge < -0.3 is 5.11 Å². The van der Waals surface area contributed by atoms with E-state index in [1.54, 1.807) is 0 Å². The van der Waals surface area contributed by atoms with E-state index < -0.39 is 6.10 Å². The molecule has 4 heteroatoms. The van der Waals surface area contributed by atoms with Crippen molar-refractivity contribution in [2.75, 3.05) is 0 Å². The molecule has 96 valence electrons. The molecule has 2 rings (SSSR count). The Kier molecular flexibility index (Phi) is 3.88. The van der Waals surface area contributed by atoms with Gasteiger partial charge in [0.05, 0.1) is 11.8 Å². The zero-order chi connectivity index (χ0) is 13.3. The summed E-state index contributed by atoms with van der Waals surface area (Å²) in [5.41, 5.74) is 4.07. The molecule has 1 unspecified atom stereocenters. The summed E-state index contributed by atoms with van der Waals surface area (Å²) < 4.78 is 2.85. The number of benzene rings is 1. The topological polar surface area (TPSA) is 38.0 Å². The third-order valence-electron chi connectivity index (χ3n) is 3.17. The Bertz CT molecular complexity index is 563. The molecule has 0 aliphatic carbocycles. The van der Waals surface area contributed by atoms with Gasteiger partial charge >= 0.3 is 0 Å². The Balaban J connectivity index is 2.24. The molecular weight excluding hydrogens is 292 g/mol. The van der Waals surface area contributed by atoms with E-state index in [4.69, 9.17) is 0 Å². The van der Waals surface area contributed by atoms with Crippen molar-refractivity contribution in [3.8, 4) is 0 Å². The van der Waals surface area contributed by atoms with Gasteiger partial charge in [-0.1, -0.05) is 28.1 Å². The van der Waals surface area contributed by atoms with Gasteiger partial charge in [-0.25, -0.2) is 0 Å². The van der Waals surface area contributed by atoms with Crippen LogP contribution in [0.2, 0.25) is 0 Å². The van der Waals surface area contributed by atoms with Crippen LogP contribution in [-0.4, -0.2) is 14.9 Å². The lowest BCUT2D eigenvalue weighted by Crippen LogP contribution is -2.07. The van der Waals surface area contributed by atoms with Crippen molar-refractivity contribution >= 4 is 15.9 Å². The van der Waals surface area contributed by atoms with Crippen LogP contribution in [0.25, 0.3) is 0 Å². The minimum atomic E-state index is -0.503. The van der Waals surface area contributed by atoms with Crippen molar-refractivity contribution in [1.29, 1.82) is 0 Å². The van der Waals surface area contributed by atoms with E-state index >= 15 is 0 Å². The molecule has 3 nitrogen and oxygen atoms in total. The van der Waals surface area contributed by atoms with Crippen LogP contribution in [0.15, 0.2) is 28.7 Å². The first-order valence-corrected chi connectivity index (χ1v) is 6.71. The number of nitrogens with zero attached hydrogens (tertiary/aromatic N) is 2. The smallest absolute Gasteiger partial charge is 0.0848 e. The zero-order valence-corrected chi connectivity index (χ0v) is 12.4. The number of hydrogen-bond donors (Lipinski definition) is 1. The van der Waals surface area contributed by atoms with Crippen LogP contribution in [0, 0.1) is 13.8 Å². The predicted octanol–water partition coefficient (Wildman–Crippen LogP) is 3.08. The molecule has 0 aliphatic rings. The normalized spacial score (nSPS) is 12.7. The molecule has 0 fully saturated rings. The summed E-state index contributed by atoms with van der Waals surface area (Å²) in [6.45, 7) is 3.97. The molecule has 0 saturated heterocycles. The lowest BCUT2D eigenvalue weighted by atomic mass is 10.00. The van der Waals surface area contributed by atoms with Gasteiger partial charge in [0.25, 0.3) is 0 Å². The average Bonchev–Trinajstić information content (AvgIpc) is 2.61. The van der Waals surface area contributed by atoms with E-state index in [0.717, 1.165) is 27.0 Å². The number of aromatic nitrogens is 2. The quantitative estimate of drug-likeness (QED) is 0.946. The van der Waals surface area contributed by atoms with E-state index in [-0.39, 0.29) is 0 Å². The Labute approximate surface area is 116 Å². The highest BCUT2D eigenvalue weighted by Gasteiger charge is 2.14. The van der Waals surface area contributed by atoms with E-state index in [9.17, 15) is 5.11 Å². The Morgan fingerprint density at radius 3 is 2.72 bits per heavy atom. The molecule has 1 aromatic carbocycles. The fourth-order valence-electron chi connectivity index (χ4n) is 2.15. The third kappa shape index (κ3) is 2.65. The molecule has 0 aliphatic heterocycles. The molecule has 0 radical (unpaired) electrons. The second kappa shape index (κ2) is 5.24. The molecule has 1 N–H and O–H groups in total. The Hall–Kier alpha value is -1.13. The first-order chi connectivity index (χ1) is 8.49. The maximum atomic E-state index is 10.4. The van der Waals surface area contributed by atoms with Gasteiger partial charge in [-0.2, -0.15) is 5.10 Å². The maximum absolute atomic E-state index is 10.4. The minimum Gasteiger partial charge on any atom is -0.388 e. The predicted molar refractivity (Wildman–Crippen MR) is 75.5 cm³/mol. The average molecular weight is 309 g/mol. The lowest BCUT2D eigenvalue weighted by molar-refractivity contribution is 0.175. The standard InChI is InChI=1S/C14H17BrN2O/c1-9-7-11(17(3)16-9)8-14(18)12-5-4-6-13(15)10(12)2/h4-7,14,18H,8H2,1-3H3. The molecule has 1 heterocycles. The van der Waals surface area contributed by atoms with E-state index in [0.29, 0.717) is 6.42 Å². The second-order valence-corrected chi connectivity index (χ2v) is 5.43. The summed E-state index contributed by atoms with van der Waals surface area (Å²) in [5, 5.41) is 14.6. The Morgan fingerprint density at radius 2 is 2.11 bits per heavy atom. The van der Waals surface area contributed by atoms with Crippen molar-refractivity contribution in [3.05, 3.63) is 51.3 Å². The molecule has 1 atom stereocenters. The number of aliphatic hydroxyl groups excluding tert-OH is 1. The highest BCUT2D eigenvalue weighted by atomic mass is 79.9. The van der Waals surface area contributed by atoms with Crippen LogP contribution >= 0.6 is 15.9 Å². The molecule has 0 amide bonds. The molecular formula is C14H17BrN2O. The zero-order valence-electron chi connectivity index (χ0n) is 10.8. The summed E-state index contributed by atoms with van der Waals surface area (Å²) in [7, 11) is 1.91. The van der Waals surface area contributed by atoms with Crippen molar-refractivity contribution < 1.29 is 5.11 Å². The van der Waals surface area contributed by atoms with Crippen LogP contribution < -0.4 is 0 Å². The highest BCUT2D eigenvalue weighted by Crippen LogP contribution is 2.26. The number of aliphatic hydroxyl groups is 1. The molecule has 2 aromatic rings. The maximum Gasteiger partial charge on any atom is 0.0848 e. The Morgan fingerprint density at radius 1 is 1.39 bits per heavy atom. The van der Waals surface area contributed by atoms with E-state index in [1.165, 1.54) is 0 Å². The largest absolute Gasteiger partial charge is 0.388 e. The van der Waals surface area contributed by atoms with Gasteiger partial charge in [0.2, 0.25) is 0 Å². The lowest BCUT2D eigenvalue weighted by Gasteiger charge is -2.14. The fourth-order valence-corrected chi connectivity index (χ4v) is 2.53. The summed E-state index contributed by atoms with van der Waals surface area (Å²) in [6, 6.07) is 7.91. The number of aryl methyl sites for hydroxylation is 2. The summed E-state index contributed by atoms with van der Waals surface area (Å²) in [5.74, 6) is 0. The van der Waals surface area contributed by atoms with E-state index in [2.05, 4.69) is 21.0 Å². The molecule has 0 spiro atoms. The monoisotopic (exact) mass is 308 g/mol. The SMILES string of the molecule is Cc1cc(CC(O)c2cccc(Br)c2C)n(C)n1. The van der Waals surface area contributed by atoms with Gasteiger partial charge in [0.15, 0.2) is 0 Å². The number of rotatable bonds is 3. The summed E-state index contributed by atoms with van der Waals surface area (Å²) in [6.07, 6.45) is 0.0755. The van der Waals surface area contributed by atoms with Crippen LogP contribution in [0.3, 0.4) is 0 Å². The molecule has 0 bridgehead atoms. The van der Waals surface area contributed by atoms with Gasteiger partial charge in [-0.3, -0.25) is 4.68 Å². The van der Waals surface area contributed by atoms with Crippen molar-refractivity contribution in [3.63, 3.8) is 0 Å². The molecule has 0 saturated carbocycles. The number of hydrogen-bond acceptors (Lipinski definition) is 2. The van der Waals surface area contributed by atoms with Crippen LogP contribution in [0.4, 0.5) is 0 Å². The second-order valence-electron chi connectivity index (χ2n) is 4.57. The highest BCUT2D eigenvalue weighted by molar-refractivity contribution is 9.10. The fraction of sp³-hybridized carbons (Fsp3) is 0.357. The van der Waals surface area contributed by atoms with Gasteiger partial charge in [0.1, 0.15) is 0 Å². The van der Waals surface area contributed by atoms with Gasteiger partial charge in [0, 0.05) is 23.6 Å². The van der Waals surface area contributed by atoms with E-state index in [1.807, 2.05) is 49.8 Å². The van der Waals surface area contributed by atoms with Crippen molar-refractivity contribution in [2.45, 2.75) is 26.4 Å². The van der Waals surface area contributed by atoms with Crippen LogP contribution in [0.5, 0.6) is 0 Å². The van der Waals surface area contributed by atoms with Gasteiger partial charge in [-0.15, -0.1) is 0 Å². The molecule has 18 heavy (non-hydrogen) atoms. The van der Waals surface area contributed by atoms with Crippen LogP contribution in [-0.2, 0) is 13.5 Å².